The SMILES string of the molecule is OCC1(c2ccccc2)OC2(CCCCC2(c2ccccc2)c2ccccc2)OC1(CO)c1ccccc1. The molecule has 0 amide bonds. The van der Waals surface area contributed by atoms with E-state index in [9.17, 15) is 10.2 Å². The summed E-state index contributed by atoms with van der Waals surface area (Å²) in [7, 11) is 0. The van der Waals surface area contributed by atoms with Crippen molar-refractivity contribution < 1.29 is 19.7 Å². The molecule has 2 fully saturated rings. The highest BCUT2D eigenvalue weighted by Gasteiger charge is 2.73. The fourth-order valence-electron chi connectivity index (χ4n) is 7.02. The van der Waals surface area contributed by atoms with Crippen LogP contribution in [-0.4, -0.2) is 29.2 Å². The summed E-state index contributed by atoms with van der Waals surface area (Å²) in [6, 6.07) is 40.4. The lowest BCUT2D eigenvalue weighted by atomic mass is 9.61. The second-order valence-corrected chi connectivity index (χ2v) is 10.5. The second-order valence-electron chi connectivity index (χ2n) is 10.5. The van der Waals surface area contributed by atoms with Crippen molar-refractivity contribution in [2.45, 2.75) is 48.1 Å². The van der Waals surface area contributed by atoms with Gasteiger partial charge < -0.3 is 19.7 Å². The van der Waals surface area contributed by atoms with E-state index in [1.807, 2.05) is 72.8 Å². The number of hydrogen-bond donors (Lipinski definition) is 2. The Morgan fingerprint density at radius 2 is 0.816 bits per heavy atom. The molecule has 1 aliphatic carbocycles. The topological polar surface area (TPSA) is 58.9 Å². The van der Waals surface area contributed by atoms with Gasteiger partial charge in [-0.2, -0.15) is 0 Å². The minimum atomic E-state index is -1.34. The molecule has 2 atom stereocenters. The van der Waals surface area contributed by atoms with E-state index in [-0.39, 0.29) is 13.2 Å². The maximum absolute atomic E-state index is 11.3. The Balaban J connectivity index is 1.68. The van der Waals surface area contributed by atoms with Gasteiger partial charge in [-0.05, 0) is 35.1 Å². The first-order chi connectivity index (χ1) is 18.7. The lowest BCUT2D eigenvalue weighted by Crippen LogP contribution is -2.56. The fourth-order valence-corrected chi connectivity index (χ4v) is 7.02. The van der Waals surface area contributed by atoms with Gasteiger partial charge in [0.05, 0.1) is 18.6 Å². The van der Waals surface area contributed by atoms with Gasteiger partial charge in [-0.3, -0.25) is 0 Å². The quantitative estimate of drug-likeness (QED) is 0.334. The smallest absolute Gasteiger partial charge is 0.184 e. The summed E-state index contributed by atoms with van der Waals surface area (Å²) < 4.78 is 14.7. The molecular weight excluding hydrogens is 472 g/mol. The molecule has 1 saturated heterocycles. The van der Waals surface area contributed by atoms with Crippen LogP contribution in [0.4, 0.5) is 0 Å². The van der Waals surface area contributed by atoms with E-state index < -0.39 is 22.4 Å². The van der Waals surface area contributed by atoms with Crippen molar-refractivity contribution in [3.63, 3.8) is 0 Å². The summed E-state index contributed by atoms with van der Waals surface area (Å²) in [5, 5.41) is 22.6. The van der Waals surface area contributed by atoms with E-state index in [4.69, 9.17) is 9.47 Å². The predicted octanol–water partition coefficient (Wildman–Crippen LogP) is 6.07. The molecule has 6 rings (SSSR count). The maximum atomic E-state index is 11.3. The minimum absolute atomic E-state index is 0.353. The Labute approximate surface area is 224 Å². The summed E-state index contributed by atoms with van der Waals surface area (Å²) in [6.07, 6.45) is 3.36. The minimum Gasteiger partial charge on any atom is -0.393 e. The number of benzene rings is 4. The first-order valence-electron chi connectivity index (χ1n) is 13.5. The van der Waals surface area contributed by atoms with E-state index >= 15 is 0 Å². The van der Waals surface area contributed by atoms with Crippen molar-refractivity contribution in [2.24, 2.45) is 0 Å². The molecule has 2 unspecified atom stereocenters. The zero-order chi connectivity index (χ0) is 26.1. The summed E-state index contributed by atoms with van der Waals surface area (Å²) in [4.78, 5) is 0. The lowest BCUT2D eigenvalue weighted by Gasteiger charge is -2.51. The van der Waals surface area contributed by atoms with Crippen molar-refractivity contribution in [1.82, 2.24) is 0 Å². The van der Waals surface area contributed by atoms with Crippen LogP contribution in [0.3, 0.4) is 0 Å². The van der Waals surface area contributed by atoms with Crippen molar-refractivity contribution in [1.29, 1.82) is 0 Å². The third kappa shape index (κ3) is 3.45. The molecule has 0 bridgehead atoms. The Morgan fingerprint density at radius 3 is 1.18 bits per heavy atom. The molecule has 4 heteroatoms. The highest BCUT2D eigenvalue weighted by Crippen LogP contribution is 2.65. The standard InChI is InChI=1S/C34H34O4/c35-25-32(29-19-9-3-10-20-29)33(26-36,30-21-11-4-12-22-30)38-34(37-32)24-14-13-23-31(34,27-15-5-1-6-16-27)28-17-7-2-8-18-28/h1-12,15-22,35-36H,13-14,23-26H2. The van der Waals surface area contributed by atoms with Crippen molar-refractivity contribution in [3.8, 4) is 0 Å². The molecule has 0 aromatic heterocycles. The monoisotopic (exact) mass is 506 g/mol. The molecular formula is C34H34O4. The first kappa shape index (κ1) is 25.0. The van der Waals surface area contributed by atoms with Crippen LogP contribution in [-0.2, 0) is 26.1 Å². The molecule has 0 radical (unpaired) electrons. The summed E-state index contributed by atoms with van der Waals surface area (Å²) in [6.45, 7) is -0.707. The Bertz CT molecular complexity index is 1250. The molecule has 1 heterocycles. The van der Waals surface area contributed by atoms with Crippen LogP contribution in [0.1, 0.15) is 47.9 Å². The van der Waals surface area contributed by atoms with Gasteiger partial charge in [0.25, 0.3) is 0 Å². The normalized spacial score (nSPS) is 28.4. The number of aliphatic hydroxyl groups is 2. The number of ether oxygens (including phenoxy) is 2. The van der Waals surface area contributed by atoms with E-state index in [0.29, 0.717) is 6.42 Å². The van der Waals surface area contributed by atoms with Crippen molar-refractivity contribution >= 4 is 0 Å². The summed E-state index contributed by atoms with van der Waals surface area (Å²) >= 11 is 0. The van der Waals surface area contributed by atoms with Crippen LogP contribution >= 0.6 is 0 Å². The van der Waals surface area contributed by atoms with Crippen LogP contribution < -0.4 is 0 Å². The summed E-state index contributed by atoms with van der Waals surface area (Å²) in [5.41, 5.74) is 0.428. The van der Waals surface area contributed by atoms with E-state index in [0.717, 1.165) is 41.5 Å². The van der Waals surface area contributed by atoms with Gasteiger partial charge in [0, 0.05) is 6.42 Å². The van der Waals surface area contributed by atoms with E-state index in [1.165, 1.54) is 0 Å². The maximum Gasteiger partial charge on any atom is 0.184 e. The van der Waals surface area contributed by atoms with Crippen LogP contribution in [0.2, 0.25) is 0 Å². The molecule has 1 saturated carbocycles. The molecule has 4 aromatic rings. The van der Waals surface area contributed by atoms with Crippen molar-refractivity contribution in [3.05, 3.63) is 144 Å². The van der Waals surface area contributed by atoms with E-state index in [1.54, 1.807) is 0 Å². The molecule has 194 valence electrons. The third-order valence-electron chi connectivity index (χ3n) is 8.75. The first-order valence-corrected chi connectivity index (χ1v) is 13.5. The molecule has 1 aliphatic heterocycles. The Morgan fingerprint density at radius 1 is 0.474 bits per heavy atom. The largest absolute Gasteiger partial charge is 0.393 e. The zero-order valence-electron chi connectivity index (χ0n) is 21.5. The molecule has 2 aliphatic rings. The second kappa shape index (κ2) is 9.79. The molecule has 4 nitrogen and oxygen atoms in total. The van der Waals surface area contributed by atoms with Gasteiger partial charge in [-0.1, -0.05) is 128 Å². The highest BCUT2D eigenvalue weighted by molar-refractivity contribution is 5.46. The van der Waals surface area contributed by atoms with Crippen LogP contribution in [0.15, 0.2) is 121 Å². The van der Waals surface area contributed by atoms with Gasteiger partial charge in [0.2, 0.25) is 0 Å². The highest BCUT2D eigenvalue weighted by atomic mass is 16.8. The zero-order valence-corrected chi connectivity index (χ0v) is 21.5. The number of aliphatic hydroxyl groups excluding tert-OH is 2. The van der Waals surface area contributed by atoms with Gasteiger partial charge in [-0.15, -0.1) is 0 Å². The average Bonchev–Trinajstić information content (AvgIpc) is 3.31. The van der Waals surface area contributed by atoms with Crippen LogP contribution in [0.25, 0.3) is 0 Å². The number of rotatable bonds is 6. The van der Waals surface area contributed by atoms with Crippen LogP contribution in [0, 0.1) is 0 Å². The molecule has 1 spiro atoms. The lowest BCUT2D eigenvalue weighted by molar-refractivity contribution is -0.254. The van der Waals surface area contributed by atoms with Crippen molar-refractivity contribution in [2.75, 3.05) is 13.2 Å². The number of hydrogen-bond acceptors (Lipinski definition) is 4. The Kier molecular flexibility index (Phi) is 6.45. The van der Waals surface area contributed by atoms with Gasteiger partial charge >= 0.3 is 0 Å². The van der Waals surface area contributed by atoms with Gasteiger partial charge in [0.1, 0.15) is 0 Å². The Hall–Kier alpha value is -3.28. The van der Waals surface area contributed by atoms with Gasteiger partial charge in [0.15, 0.2) is 17.0 Å². The summed E-state index contributed by atoms with van der Waals surface area (Å²) in [5.74, 6) is -1.15. The molecule has 2 N–H and O–H groups in total. The average molecular weight is 507 g/mol. The molecule has 38 heavy (non-hydrogen) atoms. The predicted molar refractivity (Wildman–Crippen MR) is 147 cm³/mol. The van der Waals surface area contributed by atoms with Crippen LogP contribution in [0.5, 0.6) is 0 Å². The fraction of sp³-hybridized carbons (Fsp3) is 0.294. The van der Waals surface area contributed by atoms with Gasteiger partial charge in [-0.25, -0.2) is 0 Å². The molecule has 4 aromatic carbocycles. The van der Waals surface area contributed by atoms with E-state index in [2.05, 4.69) is 48.5 Å². The third-order valence-corrected chi connectivity index (χ3v) is 8.75.